The number of ether oxygens (including phenoxy) is 2. The standard InChI is InChI=1S/C22H21NO6/c1-27-19-10-6-5-9-17(19)16-11-20(29-13-16)21(24)23-18(22(25)26)14-28-12-15-7-3-2-4-8-15/h2-11,13,18H,12,14H2,1H3,(H,23,24)(H,25,26)/t18-/m0/s1. The molecule has 3 rings (SSSR count). The monoisotopic (exact) mass is 395 g/mol. The molecule has 2 aromatic carbocycles. The van der Waals surface area contributed by atoms with E-state index in [0.29, 0.717) is 11.3 Å². The second kappa shape index (κ2) is 9.57. The number of carboxylic acid groups (broad SMARTS) is 1. The highest BCUT2D eigenvalue weighted by atomic mass is 16.5. The van der Waals surface area contributed by atoms with Gasteiger partial charge in [0.05, 0.1) is 26.6 Å². The third-order valence-corrected chi connectivity index (χ3v) is 4.24. The van der Waals surface area contributed by atoms with Gasteiger partial charge in [0.25, 0.3) is 5.91 Å². The molecule has 0 fully saturated rings. The molecule has 0 unspecified atom stereocenters. The normalized spacial score (nSPS) is 11.6. The number of carboxylic acids is 1. The number of benzene rings is 2. The molecule has 0 bridgehead atoms. The van der Waals surface area contributed by atoms with Gasteiger partial charge in [-0.25, -0.2) is 4.79 Å². The van der Waals surface area contributed by atoms with E-state index in [2.05, 4.69) is 5.32 Å². The second-order valence-corrected chi connectivity index (χ2v) is 6.26. The molecule has 7 nitrogen and oxygen atoms in total. The van der Waals surface area contributed by atoms with Gasteiger partial charge in [0.2, 0.25) is 0 Å². The molecule has 1 atom stereocenters. The zero-order valence-electron chi connectivity index (χ0n) is 15.8. The summed E-state index contributed by atoms with van der Waals surface area (Å²) in [6.07, 6.45) is 1.43. The van der Waals surface area contributed by atoms with E-state index in [1.54, 1.807) is 13.2 Å². The fourth-order valence-electron chi connectivity index (χ4n) is 2.75. The Kier molecular flexibility index (Phi) is 6.65. The molecule has 29 heavy (non-hydrogen) atoms. The Morgan fingerprint density at radius 1 is 1.10 bits per heavy atom. The van der Waals surface area contributed by atoms with E-state index < -0.39 is 17.9 Å². The topological polar surface area (TPSA) is 98.0 Å². The van der Waals surface area contributed by atoms with Crippen LogP contribution >= 0.6 is 0 Å². The lowest BCUT2D eigenvalue weighted by Gasteiger charge is -2.14. The van der Waals surface area contributed by atoms with E-state index in [0.717, 1.165) is 11.1 Å². The number of nitrogens with one attached hydrogen (secondary N) is 1. The number of carbonyl (C=O) groups is 2. The van der Waals surface area contributed by atoms with Crippen molar-refractivity contribution in [3.8, 4) is 16.9 Å². The van der Waals surface area contributed by atoms with E-state index in [4.69, 9.17) is 13.9 Å². The average Bonchev–Trinajstić information content (AvgIpc) is 3.24. The van der Waals surface area contributed by atoms with Gasteiger partial charge in [0.15, 0.2) is 11.8 Å². The van der Waals surface area contributed by atoms with Crippen LogP contribution in [-0.2, 0) is 16.1 Å². The molecule has 1 amide bonds. The lowest BCUT2D eigenvalue weighted by Crippen LogP contribution is -2.43. The third-order valence-electron chi connectivity index (χ3n) is 4.24. The van der Waals surface area contributed by atoms with Crippen molar-refractivity contribution in [2.24, 2.45) is 0 Å². The van der Waals surface area contributed by atoms with Crippen LogP contribution in [0.1, 0.15) is 16.1 Å². The molecule has 150 valence electrons. The molecule has 0 aliphatic rings. The number of carbonyl (C=O) groups excluding carboxylic acids is 1. The van der Waals surface area contributed by atoms with Crippen LogP contribution in [0.5, 0.6) is 5.75 Å². The Labute approximate surface area is 167 Å². The summed E-state index contributed by atoms with van der Waals surface area (Å²) in [6, 6.07) is 17.0. The van der Waals surface area contributed by atoms with Gasteiger partial charge in [-0.2, -0.15) is 0 Å². The zero-order valence-corrected chi connectivity index (χ0v) is 15.8. The first-order chi connectivity index (χ1) is 14.1. The molecular weight excluding hydrogens is 374 g/mol. The summed E-state index contributed by atoms with van der Waals surface area (Å²) in [5, 5.41) is 11.8. The Hall–Kier alpha value is -3.58. The molecule has 3 aromatic rings. The van der Waals surface area contributed by atoms with Gasteiger partial charge < -0.3 is 24.3 Å². The van der Waals surface area contributed by atoms with Gasteiger partial charge in [-0.3, -0.25) is 4.79 Å². The summed E-state index contributed by atoms with van der Waals surface area (Å²) in [5.41, 5.74) is 2.33. The minimum Gasteiger partial charge on any atom is -0.496 e. The van der Waals surface area contributed by atoms with Gasteiger partial charge in [0, 0.05) is 11.1 Å². The maximum absolute atomic E-state index is 12.4. The number of para-hydroxylation sites is 1. The molecule has 1 aromatic heterocycles. The first-order valence-corrected chi connectivity index (χ1v) is 8.95. The van der Waals surface area contributed by atoms with Crippen LogP contribution in [-0.4, -0.2) is 36.7 Å². The van der Waals surface area contributed by atoms with Crippen molar-refractivity contribution in [3.63, 3.8) is 0 Å². The van der Waals surface area contributed by atoms with Crippen LogP contribution in [0.3, 0.4) is 0 Å². The van der Waals surface area contributed by atoms with Crippen LogP contribution in [0.15, 0.2) is 71.3 Å². The Bertz CT molecular complexity index is 966. The Morgan fingerprint density at radius 3 is 2.55 bits per heavy atom. The summed E-state index contributed by atoms with van der Waals surface area (Å²) in [4.78, 5) is 23.9. The lowest BCUT2D eigenvalue weighted by atomic mass is 10.1. The van der Waals surface area contributed by atoms with Crippen LogP contribution in [0.25, 0.3) is 11.1 Å². The van der Waals surface area contributed by atoms with Crippen molar-refractivity contribution in [1.29, 1.82) is 0 Å². The third kappa shape index (κ3) is 5.24. The number of furan rings is 1. The van der Waals surface area contributed by atoms with E-state index in [1.807, 2.05) is 48.5 Å². The number of methoxy groups -OCH3 is 1. The van der Waals surface area contributed by atoms with E-state index in [1.165, 1.54) is 12.3 Å². The summed E-state index contributed by atoms with van der Waals surface area (Å²) >= 11 is 0. The molecule has 0 saturated carbocycles. The first kappa shape index (κ1) is 20.2. The van der Waals surface area contributed by atoms with Crippen molar-refractivity contribution in [3.05, 3.63) is 78.3 Å². The number of hydrogen-bond acceptors (Lipinski definition) is 5. The van der Waals surface area contributed by atoms with Gasteiger partial charge >= 0.3 is 5.97 Å². The smallest absolute Gasteiger partial charge is 0.328 e. The Balaban J connectivity index is 1.63. The summed E-state index contributed by atoms with van der Waals surface area (Å²) < 4.78 is 16.1. The highest BCUT2D eigenvalue weighted by molar-refractivity contribution is 5.95. The number of aliphatic carboxylic acids is 1. The molecular formula is C22H21NO6. The summed E-state index contributed by atoms with van der Waals surface area (Å²) in [5.74, 6) is -1.19. The van der Waals surface area contributed by atoms with Crippen molar-refractivity contribution >= 4 is 11.9 Å². The molecule has 0 aliphatic carbocycles. The second-order valence-electron chi connectivity index (χ2n) is 6.26. The van der Waals surface area contributed by atoms with Crippen LogP contribution in [0.2, 0.25) is 0 Å². The molecule has 0 saturated heterocycles. The minimum absolute atomic E-state index is 0.000200. The maximum atomic E-state index is 12.4. The van der Waals surface area contributed by atoms with Gasteiger partial charge in [-0.05, 0) is 17.7 Å². The van der Waals surface area contributed by atoms with E-state index in [-0.39, 0.29) is 19.0 Å². The number of amides is 1. The van der Waals surface area contributed by atoms with E-state index in [9.17, 15) is 14.7 Å². The predicted molar refractivity (Wildman–Crippen MR) is 106 cm³/mol. The zero-order chi connectivity index (χ0) is 20.6. The fourth-order valence-corrected chi connectivity index (χ4v) is 2.75. The maximum Gasteiger partial charge on any atom is 0.328 e. The minimum atomic E-state index is -1.20. The molecule has 7 heteroatoms. The summed E-state index contributed by atoms with van der Waals surface area (Å²) in [6.45, 7) is 0.0786. The van der Waals surface area contributed by atoms with Crippen molar-refractivity contribution in [2.75, 3.05) is 13.7 Å². The van der Waals surface area contributed by atoms with Gasteiger partial charge in [-0.15, -0.1) is 0 Å². The average molecular weight is 395 g/mol. The SMILES string of the molecule is COc1ccccc1-c1coc(C(=O)N[C@@H](COCc2ccccc2)C(=O)O)c1. The molecule has 0 radical (unpaired) electrons. The van der Waals surface area contributed by atoms with Crippen LogP contribution < -0.4 is 10.1 Å². The summed E-state index contributed by atoms with van der Waals surface area (Å²) in [7, 11) is 1.55. The molecule has 0 spiro atoms. The van der Waals surface area contributed by atoms with Crippen LogP contribution in [0, 0.1) is 0 Å². The van der Waals surface area contributed by atoms with Gasteiger partial charge in [0.1, 0.15) is 5.75 Å². The fraction of sp³-hybridized carbons (Fsp3) is 0.182. The van der Waals surface area contributed by atoms with Crippen molar-refractivity contribution in [2.45, 2.75) is 12.6 Å². The largest absolute Gasteiger partial charge is 0.496 e. The lowest BCUT2D eigenvalue weighted by molar-refractivity contribution is -0.141. The van der Waals surface area contributed by atoms with Crippen molar-refractivity contribution < 1.29 is 28.6 Å². The number of rotatable bonds is 9. The quantitative estimate of drug-likeness (QED) is 0.577. The Morgan fingerprint density at radius 2 is 1.83 bits per heavy atom. The van der Waals surface area contributed by atoms with Crippen LogP contribution in [0.4, 0.5) is 0 Å². The molecule has 0 aliphatic heterocycles. The highest BCUT2D eigenvalue weighted by Crippen LogP contribution is 2.30. The molecule has 1 heterocycles. The van der Waals surface area contributed by atoms with Crippen molar-refractivity contribution in [1.82, 2.24) is 5.32 Å². The van der Waals surface area contributed by atoms with E-state index >= 15 is 0 Å². The molecule has 2 N–H and O–H groups in total. The predicted octanol–water partition coefficient (Wildman–Crippen LogP) is 3.36. The van der Waals surface area contributed by atoms with Gasteiger partial charge in [-0.1, -0.05) is 48.5 Å². The highest BCUT2D eigenvalue weighted by Gasteiger charge is 2.23. The number of hydrogen-bond donors (Lipinski definition) is 2. The first-order valence-electron chi connectivity index (χ1n) is 8.95.